The normalized spacial score (nSPS) is 23.4. The van der Waals surface area contributed by atoms with Crippen LogP contribution in [0.3, 0.4) is 0 Å². The number of morpholine rings is 1. The Bertz CT molecular complexity index is 559. The van der Waals surface area contributed by atoms with Crippen molar-refractivity contribution >= 4 is 41.7 Å². The highest BCUT2D eigenvalue weighted by Crippen LogP contribution is 2.37. The van der Waals surface area contributed by atoms with Crippen molar-refractivity contribution in [1.29, 1.82) is 0 Å². The standard InChI is InChI=1S/C20H34N4O2S.HI/c1-20(7-3-16-27-20)17-23-19(22-9-6-18-5-2-13-26-18)21-8-4-10-24-11-14-25-15-12-24;/h2,5,13H,3-4,6-12,14-17H2,1H3,(H2,21,22,23);1H. The van der Waals surface area contributed by atoms with Crippen molar-refractivity contribution in [3.05, 3.63) is 24.2 Å². The summed E-state index contributed by atoms with van der Waals surface area (Å²) in [5.74, 6) is 3.20. The van der Waals surface area contributed by atoms with E-state index in [1.165, 1.54) is 18.6 Å². The number of nitrogens with zero attached hydrogens (tertiary/aromatic N) is 2. The van der Waals surface area contributed by atoms with Gasteiger partial charge in [-0.05, 0) is 50.6 Å². The second kappa shape index (κ2) is 13.0. The molecule has 1 aromatic rings. The van der Waals surface area contributed by atoms with Crippen LogP contribution in [0.4, 0.5) is 0 Å². The number of guanidine groups is 1. The monoisotopic (exact) mass is 522 g/mol. The maximum Gasteiger partial charge on any atom is 0.191 e. The van der Waals surface area contributed by atoms with Gasteiger partial charge in [0.15, 0.2) is 5.96 Å². The lowest BCUT2D eigenvalue weighted by Gasteiger charge is -2.26. The molecule has 1 unspecified atom stereocenters. The van der Waals surface area contributed by atoms with Crippen molar-refractivity contribution in [3.8, 4) is 0 Å². The zero-order chi connectivity index (χ0) is 18.8. The summed E-state index contributed by atoms with van der Waals surface area (Å²) in [6.45, 7) is 9.93. The van der Waals surface area contributed by atoms with Crippen LogP contribution >= 0.6 is 35.7 Å². The highest BCUT2D eigenvalue weighted by molar-refractivity contribution is 14.0. The van der Waals surface area contributed by atoms with Crippen LogP contribution in [-0.4, -0.2) is 73.8 Å². The van der Waals surface area contributed by atoms with E-state index in [2.05, 4.69) is 34.2 Å². The Kier molecular flexibility index (Phi) is 11.0. The molecule has 3 heterocycles. The molecule has 0 aliphatic carbocycles. The van der Waals surface area contributed by atoms with E-state index in [0.717, 1.165) is 77.0 Å². The van der Waals surface area contributed by atoms with Gasteiger partial charge >= 0.3 is 0 Å². The number of aliphatic imine (C=N–C) groups is 1. The highest BCUT2D eigenvalue weighted by atomic mass is 127. The van der Waals surface area contributed by atoms with Gasteiger partial charge in [0, 0.05) is 37.3 Å². The molecular formula is C20H35IN4O2S. The van der Waals surface area contributed by atoms with Gasteiger partial charge in [0.1, 0.15) is 5.76 Å². The Morgan fingerprint density at radius 1 is 1.29 bits per heavy atom. The maximum atomic E-state index is 5.42. The van der Waals surface area contributed by atoms with Crippen molar-refractivity contribution in [2.45, 2.75) is 37.4 Å². The topological polar surface area (TPSA) is 62.0 Å². The van der Waals surface area contributed by atoms with E-state index in [0.29, 0.717) is 4.75 Å². The fraction of sp³-hybridized carbons (Fsp3) is 0.750. The van der Waals surface area contributed by atoms with Crippen LogP contribution in [0.2, 0.25) is 0 Å². The van der Waals surface area contributed by atoms with E-state index < -0.39 is 0 Å². The van der Waals surface area contributed by atoms with Crippen LogP contribution < -0.4 is 10.6 Å². The van der Waals surface area contributed by atoms with Crippen molar-refractivity contribution in [2.24, 2.45) is 4.99 Å². The molecule has 0 bridgehead atoms. The predicted octanol–water partition coefficient (Wildman–Crippen LogP) is 2.98. The van der Waals surface area contributed by atoms with Crippen LogP contribution in [0.15, 0.2) is 27.8 Å². The summed E-state index contributed by atoms with van der Waals surface area (Å²) in [4.78, 5) is 7.36. The predicted molar refractivity (Wildman–Crippen MR) is 128 cm³/mol. The smallest absolute Gasteiger partial charge is 0.191 e. The van der Waals surface area contributed by atoms with Gasteiger partial charge in [-0.1, -0.05) is 0 Å². The molecule has 0 radical (unpaired) electrons. The molecule has 0 aromatic carbocycles. The molecule has 0 amide bonds. The van der Waals surface area contributed by atoms with E-state index in [9.17, 15) is 0 Å². The molecule has 2 saturated heterocycles. The zero-order valence-corrected chi connectivity index (χ0v) is 20.1. The third-order valence-corrected chi connectivity index (χ3v) is 6.69. The Morgan fingerprint density at radius 2 is 2.11 bits per heavy atom. The molecular weight excluding hydrogens is 487 g/mol. The lowest BCUT2D eigenvalue weighted by atomic mass is 10.1. The number of thioether (sulfide) groups is 1. The molecule has 1 atom stereocenters. The van der Waals surface area contributed by atoms with Gasteiger partial charge in [-0.25, -0.2) is 0 Å². The van der Waals surface area contributed by atoms with E-state index in [4.69, 9.17) is 14.1 Å². The molecule has 0 spiro atoms. The first-order valence-electron chi connectivity index (χ1n) is 10.2. The van der Waals surface area contributed by atoms with Gasteiger partial charge in [-0.2, -0.15) is 11.8 Å². The maximum absolute atomic E-state index is 5.42. The Balaban J connectivity index is 0.00000280. The SMILES string of the molecule is CC1(CN=C(NCCCN2CCOCC2)NCCc2ccco2)CCCS1.I. The fourth-order valence-electron chi connectivity index (χ4n) is 3.48. The third kappa shape index (κ3) is 8.51. The minimum Gasteiger partial charge on any atom is -0.469 e. The van der Waals surface area contributed by atoms with Crippen molar-refractivity contribution in [1.82, 2.24) is 15.5 Å². The lowest BCUT2D eigenvalue weighted by Crippen LogP contribution is -2.42. The largest absolute Gasteiger partial charge is 0.469 e. The summed E-state index contributed by atoms with van der Waals surface area (Å²) in [5.41, 5.74) is 0. The van der Waals surface area contributed by atoms with Crippen LogP contribution in [0.1, 0.15) is 31.9 Å². The second-order valence-corrected chi connectivity index (χ2v) is 9.24. The number of hydrogen-bond acceptors (Lipinski definition) is 5. The molecule has 3 rings (SSSR count). The second-order valence-electron chi connectivity index (χ2n) is 7.56. The molecule has 0 saturated carbocycles. The number of halogens is 1. The molecule has 2 fully saturated rings. The quantitative estimate of drug-likeness (QED) is 0.225. The number of nitrogens with one attached hydrogen (secondary N) is 2. The summed E-state index contributed by atoms with van der Waals surface area (Å²) in [7, 11) is 0. The minimum atomic E-state index is 0. The molecule has 2 aliphatic rings. The summed E-state index contributed by atoms with van der Waals surface area (Å²) < 4.78 is 11.1. The van der Waals surface area contributed by atoms with Gasteiger partial charge in [-0.15, -0.1) is 24.0 Å². The fourth-order valence-corrected chi connectivity index (χ4v) is 4.70. The van der Waals surface area contributed by atoms with Gasteiger partial charge < -0.3 is 19.8 Å². The van der Waals surface area contributed by atoms with Crippen molar-refractivity contribution < 1.29 is 9.15 Å². The summed E-state index contributed by atoms with van der Waals surface area (Å²) in [6.07, 6.45) is 6.29. The average molecular weight is 522 g/mol. The molecule has 8 heteroatoms. The molecule has 2 N–H and O–H groups in total. The lowest BCUT2D eigenvalue weighted by molar-refractivity contribution is 0.0376. The Labute approximate surface area is 190 Å². The van der Waals surface area contributed by atoms with Crippen LogP contribution in [0.25, 0.3) is 0 Å². The third-order valence-electron chi connectivity index (χ3n) is 5.16. The van der Waals surface area contributed by atoms with Crippen LogP contribution in [0.5, 0.6) is 0 Å². The summed E-state index contributed by atoms with van der Waals surface area (Å²) in [6, 6.07) is 3.96. The number of hydrogen-bond donors (Lipinski definition) is 2. The Hall–Kier alpha value is -0.450. The van der Waals surface area contributed by atoms with Gasteiger partial charge in [0.25, 0.3) is 0 Å². The van der Waals surface area contributed by atoms with Crippen molar-refractivity contribution in [2.75, 3.05) is 58.2 Å². The first-order chi connectivity index (χ1) is 13.2. The Morgan fingerprint density at radius 3 is 2.82 bits per heavy atom. The van der Waals surface area contributed by atoms with E-state index >= 15 is 0 Å². The van der Waals surface area contributed by atoms with Gasteiger partial charge in [-0.3, -0.25) is 9.89 Å². The number of ether oxygens (including phenoxy) is 1. The first kappa shape index (κ1) is 23.8. The molecule has 160 valence electrons. The zero-order valence-electron chi connectivity index (χ0n) is 17.0. The van der Waals surface area contributed by atoms with Crippen molar-refractivity contribution in [3.63, 3.8) is 0 Å². The van der Waals surface area contributed by atoms with E-state index in [1.54, 1.807) is 6.26 Å². The molecule has 28 heavy (non-hydrogen) atoms. The number of rotatable bonds is 9. The average Bonchev–Trinajstić information content (AvgIpc) is 3.36. The summed E-state index contributed by atoms with van der Waals surface area (Å²) in [5, 5.41) is 7.00. The van der Waals surface area contributed by atoms with E-state index in [-0.39, 0.29) is 24.0 Å². The van der Waals surface area contributed by atoms with Crippen LogP contribution in [0, 0.1) is 0 Å². The van der Waals surface area contributed by atoms with Gasteiger partial charge in [0.2, 0.25) is 0 Å². The van der Waals surface area contributed by atoms with E-state index in [1.807, 2.05) is 12.1 Å². The van der Waals surface area contributed by atoms with Gasteiger partial charge in [0.05, 0.1) is 26.0 Å². The highest BCUT2D eigenvalue weighted by Gasteiger charge is 2.29. The van der Waals surface area contributed by atoms with Crippen LogP contribution in [-0.2, 0) is 11.2 Å². The minimum absolute atomic E-state index is 0. The molecule has 6 nitrogen and oxygen atoms in total. The molecule has 2 aliphatic heterocycles. The molecule has 1 aromatic heterocycles. The summed E-state index contributed by atoms with van der Waals surface area (Å²) >= 11 is 2.06. The first-order valence-corrected chi connectivity index (χ1v) is 11.2. The number of furan rings is 1.